The Kier molecular flexibility index (Phi) is 5.80. The molecule has 0 bridgehead atoms. The number of para-hydroxylation sites is 1. The Morgan fingerprint density at radius 1 is 1.43 bits per heavy atom. The number of hydrogen-bond donors (Lipinski definition) is 2. The molecule has 11 heteroatoms. The topological polar surface area (TPSA) is 79.6 Å². The summed E-state index contributed by atoms with van der Waals surface area (Å²) < 4.78 is 49.5. The first-order valence-electron chi connectivity index (χ1n) is 8.15. The van der Waals surface area contributed by atoms with Gasteiger partial charge in [0.25, 0.3) is 5.91 Å². The summed E-state index contributed by atoms with van der Waals surface area (Å²) in [7, 11) is 0. The molecular weight excluding hydrogens is 401 g/mol. The lowest BCUT2D eigenvalue weighted by Gasteiger charge is -2.25. The lowest BCUT2D eigenvalue weighted by atomic mass is 10.3. The second-order valence-electron chi connectivity index (χ2n) is 5.93. The monoisotopic (exact) mass is 416 g/mol. The first-order chi connectivity index (χ1) is 13.2. The number of nitrogens with one attached hydrogen (secondary N) is 2. The van der Waals surface area contributed by atoms with Crippen LogP contribution in [0.5, 0.6) is 0 Å². The molecule has 3 rings (SSSR count). The highest BCUT2D eigenvalue weighted by atomic mass is 35.5. The van der Waals surface area contributed by atoms with Crippen molar-refractivity contribution in [2.24, 2.45) is 0 Å². The molecule has 1 unspecified atom stereocenters. The molecule has 1 aromatic heterocycles. The number of carbonyl (C=O) groups is 1. The minimum Gasteiger partial charge on any atom is -0.468 e. The molecule has 1 aromatic carbocycles. The van der Waals surface area contributed by atoms with E-state index in [1.807, 2.05) is 0 Å². The molecule has 2 heterocycles. The standard InChI is InChI=1S/C17H16ClF3N4O3/c1-10-6-11(24-28-10)8-22-15(26)9-27-16-7-14(17(19,20)21)23-25(16)13-5-3-2-4-12(13)18/h2-7,14,23H,8-9H2,1H3,(H,22,26). The second-order valence-corrected chi connectivity index (χ2v) is 6.34. The Hall–Kier alpha value is -2.72. The van der Waals surface area contributed by atoms with Crippen LogP contribution in [0.3, 0.4) is 0 Å². The van der Waals surface area contributed by atoms with Gasteiger partial charge in [0.2, 0.25) is 5.88 Å². The van der Waals surface area contributed by atoms with Crippen molar-refractivity contribution in [3.63, 3.8) is 0 Å². The van der Waals surface area contributed by atoms with Crippen molar-refractivity contribution in [1.82, 2.24) is 15.9 Å². The molecule has 2 aromatic rings. The molecule has 0 fully saturated rings. The van der Waals surface area contributed by atoms with Crippen LogP contribution < -0.4 is 15.8 Å². The minimum atomic E-state index is -4.54. The molecule has 1 aliphatic heterocycles. The Morgan fingerprint density at radius 3 is 2.82 bits per heavy atom. The van der Waals surface area contributed by atoms with E-state index in [-0.39, 0.29) is 23.1 Å². The van der Waals surface area contributed by atoms with Gasteiger partial charge in [0.05, 0.1) is 17.3 Å². The number of rotatable bonds is 6. The van der Waals surface area contributed by atoms with E-state index in [1.54, 1.807) is 25.1 Å². The zero-order chi connectivity index (χ0) is 20.3. The highest BCUT2D eigenvalue weighted by molar-refractivity contribution is 6.33. The summed E-state index contributed by atoms with van der Waals surface area (Å²) in [5.74, 6) is -0.116. The van der Waals surface area contributed by atoms with Gasteiger partial charge in [0.1, 0.15) is 17.5 Å². The van der Waals surface area contributed by atoms with E-state index in [9.17, 15) is 18.0 Å². The Labute approximate surface area is 163 Å². The van der Waals surface area contributed by atoms with Crippen molar-refractivity contribution >= 4 is 23.2 Å². The van der Waals surface area contributed by atoms with E-state index in [1.165, 1.54) is 12.1 Å². The number of aryl methyl sites for hydroxylation is 1. The van der Waals surface area contributed by atoms with Gasteiger partial charge in [-0.1, -0.05) is 28.9 Å². The van der Waals surface area contributed by atoms with E-state index in [4.69, 9.17) is 20.9 Å². The molecule has 7 nitrogen and oxygen atoms in total. The van der Waals surface area contributed by atoms with Crippen molar-refractivity contribution in [2.75, 3.05) is 11.6 Å². The van der Waals surface area contributed by atoms with Crippen molar-refractivity contribution in [1.29, 1.82) is 0 Å². The largest absolute Gasteiger partial charge is 0.468 e. The lowest BCUT2D eigenvalue weighted by molar-refractivity contribution is -0.142. The number of hydrogen-bond acceptors (Lipinski definition) is 6. The number of halogens is 4. The highest BCUT2D eigenvalue weighted by Gasteiger charge is 2.44. The van der Waals surface area contributed by atoms with Gasteiger partial charge in [-0.3, -0.25) is 4.79 Å². The summed E-state index contributed by atoms with van der Waals surface area (Å²) in [6, 6.07) is 6.00. The molecule has 1 amide bonds. The molecular formula is C17H16ClF3N4O3. The third-order valence-corrected chi connectivity index (χ3v) is 4.06. The summed E-state index contributed by atoms with van der Waals surface area (Å²) in [6.07, 6.45) is -3.70. The molecule has 0 aliphatic carbocycles. The smallest absolute Gasteiger partial charge is 0.409 e. The number of carbonyl (C=O) groups excluding carboxylic acids is 1. The highest BCUT2D eigenvalue weighted by Crippen LogP contribution is 2.33. The normalized spacial score (nSPS) is 16.8. The van der Waals surface area contributed by atoms with Gasteiger partial charge >= 0.3 is 6.18 Å². The number of nitrogens with zero attached hydrogens (tertiary/aromatic N) is 2. The third-order valence-electron chi connectivity index (χ3n) is 3.74. The van der Waals surface area contributed by atoms with Crippen molar-refractivity contribution < 1.29 is 27.2 Å². The van der Waals surface area contributed by atoms with E-state index >= 15 is 0 Å². The number of aromatic nitrogens is 1. The quantitative estimate of drug-likeness (QED) is 0.753. The summed E-state index contributed by atoms with van der Waals surface area (Å²) >= 11 is 6.07. The lowest BCUT2D eigenvalue weighted by Crippen LogP contribution is -2.45. The van der Waals surface area contributed by atoms with Crippen LogP contribution in [0.15, 0.2) is 46.8 Å². The first kappa shape index (κ1) is 20.0. The van der Waals surface area contributed by atoms with Crippen LogP contribution in [0.1, 0.15) is 11.5 Å². The minimum absolute atomic E-state index is 0.107. The molecule has 0 saturated carbocycles. The molecule has 150 valence electrons. The Bertz CT molecular complexity index is 885. The van der Waals surface area contributed by atoms with Crippen LogP contribution in [-0.4, -0.2) is 29.9 Å². The summed E-state index contributed by atoms with van der Waals surface area (Å²) in [5.41, 5.74) is 3.06. The van der Waals surface area contributed by atoms with E-state index in [2.05, 4.69) is 15.9 Å². The number of benzene rings is 1. The number of anilines is 1. The predicted molar refractivity (Wildman–Crippen MR) is 94.0 cm³/mol. The average Bonchev–Trinajstić information content (AvgIpc) is 3.24. The number of alkyl halides is 3. The zero-order valence-corrected chi connectivity index (χ0v) is 15.3. The van der Waals surface area contributed by atoms with Crippen LogP contribution in [0.2, 0.25) is 5.02 Å². The molecule has 28 heavy (non-hydrogen) atoms. The van der Waals surface area contributed by atoms with Gasteiger partial charge in [0.15, 0.2) is 6.61 Å². The summed E-state index contributed by atoms with van der Waals surface area (Å²) in [4.78, 5) is 12.0. The first-order valence-corrected chi connectivity index (χ1v) is 8.53. The van der Waals surface area contributed by atoms with Gasteiger partial charge in [-0.15, -0.1) is 0 Å². The predicted octanol–water partition coefficient (Wildman–Crippen LogP) is 3.07. The number of hydrazine groups is 1. The van der Waals surface area contributed by atoms with Crippen LogP contribution in [0, 0.1) is 6.92 Å². The maximum Gasteiger partial charge on any atom is 0.409 e. The van der Waals surface area contributed by atoms with Gasteiger partial charge < -0.3 is 14.6 Å². The fourth-order valence-corrected chi connectivity index (χ4v) is 2.66. The fourth-order valence-electron chi connectivity index (χ4n) is 2.44. The van der Waals surface area contributed by atoms with E-state index < -0.39 is 24.7 Å². The van der Waals surface area contributed by atoms with Gasteiger partial charge in [0, 0.05) is 12.1 Å². The maximum absolute atomic E-state index is 13.1. The van der Waals surface area contributed by atoms with Crippen LogP contribution in [0.25, 0.3) is 0 Å². The second kappa shape index (κ2) is 8.11. The van der Waals surface area contributed by atoms with E-state index in [0.717, 1.165) is 11.1 Å². The average molecular weight is 417 g/mol. The maximum atomic E-state index is 13.1. The zero-order valence-electron chi connectivity index (χ0n) is 14.6. The molecule has 1 atom stereocenters. The van der Waals surface area contributed by atoms with E-state index in [0.29, 0.717) is 11.5 Å². The molecule has 0 saturated heterocycles. The summed E-state index contributed by atoms with van der Waals surface area (Å²) in [5, 5.41) is 7.55. The van der Waals surface area contributed by atoms with Crippen LogP contribution in [-0.2, 0) is 16.1 Å². The van der Waals surface area contributed by atoms with Gasteiger partial charge in [-0.25, -0.2) is 10.4 Å². The van der Waals surface area contributed by atoms with Gasteiger partial charge in [-0.05, 0) is 19.1 Å². The van der Waals surface area contributed by atoms with Crippen molar-refractivity contribution in [2.45, 2.75) is 25.7 Å². The third kappa shape index (κ3) is 4.76. The van der Waals surface area contributed by atoms with Gasteiger partial charge in [-0.2, -0.15) is 13.2 Å². The SMILES string of the molecule is Cc1cc(CNC(=O)COC2=CC(C(F)(F)F)NN2c2ccccc2Cl)no1. The summed E-state index contributed by atoms with van der Waals surface area (Å²) in [6.45, 7) is 1.33. The molecule has 0 spiro atoms. The number of amides is 1. The number of ether oxygens (including phenoxy) is 1. The molecule has 1 aliphatic rings. The van der Waals surface area contributed by atoms with Crippen LogP contribution in [0.4, 0.5) is 18.9 Å². The Morgan fingerprint density at radius 2 is 2.18 bits per heavy atom. The van der Waals surface area contributed by atoms with Crippen molar-refractivity contribution in [3.8, 4) is 0 Å². The molecule has 2 N–H and O–H groups in total. The Balaban J connectivity index is 1.66. The van der Waals surface area contributed by atoms with Crippen molar-refractivity contribution in [3.05, 3.63) is 58.8 Å². The van der Waals surface area contributed by atoms with Crippen LogP contribution >= 0.6 is 11.6 Å². The molecule has 0 radical (unpaired) electrons. The fraction of sp³-hybridized carbons (Fsp3) is 0.294.